The first-order valence-corrected chi connectivity index (χ1v) is 18.0. The number of amides is 4. The molecule has 4 rings (SSSR count). The van der Waals surface area contributed by atoms with Crippen molar-refractivity contribution in [2.24, 2.45) is 5.92 Å². The summed E-state index contributed by atoms with van der Waals surface area (Å²) in [6.45, 7) is 14.2. The SMILES string of the molecule is C=C[C@@H]1C[C@]1(NC(=O)CC[C@H](CNC(=O)[C@@H](OC(=O)NC(C)(C)C)C(=C)C)Oc1nccc2cc(OC)ccc12)C(=O)NS(=O)(=O)c1ccccc1. The number of alkyl carbamates (subject to hydrolysis) is 1. The lowest BCUT2D eigenvalue weighted by molar-refractivity contribution is -0.129. The van der Waals surface area contributed by atoms with Gasteiger partial charge in [-0.1, -0.05) is 30.9 Å². The van der Waals surface area contributed by atoms with Crippen LogP contribution < -0.4 is 30.1 Å². The molecule has 1 aromatic heterocycles. The van der Waals surface area contributed by atoms with Gasteiger partial charge in [-0.3, -0.25) is 14.4 Å². The second-order valence-electron chi connectivity index (χ2n) is 13.5. The Bertz CT molecular complexity index is 1950. The summed E-state index contributed by atoms with van der Waals surface area (Å²) in [4.78, 5) is 56.7. The van der Waals surface area contributed by atoms with Crippen LogP contribution in [0.3, 0.4) is 0 Å². The molecule has 4 atom stereocenters. The average molecular weight is 736 g/mol. The van der Waals surface area contributed by atoms with E-state index in [4.69, 9.17) is 14.2 Å². The molecule has 278 valence electrons. The van der Waals surface area contributed by atoms with E-state index in [1.807, 2.05) is 0 Å². The fourth-order valence-electron chi connectivity index (χ4n) is 5.35. The number of pyridine rings is 1. The zero-order chi connectivity index (χ0) is 38.3. The Morgan fingerprint density at radius 1 is 1.10 bits per heavy atom. The number of benzene rings is 2. The predicted molar refractivity (Wildman–Crippen MR) is 194 cm³/mol. The maximum Gasteiger partial charge on any atom is 0.408 e. The van der Waals surface area contributed by atoms with E-state index in [0.29, 0.717) is 11.1 Å². The van der Waals surface area contributed by atoms with Gasteiger partial charge in [-0.15, -0.1) is 6.58 Å². The van der Waals surface area contributed by atoms with Gasteiger partial charge in [-0.2, -0.15) is 0 Å². The van der Waals surface area contributed by atoms with Gasteiger partial charge in [0.15, 0.2) is 0 Å². The largest absolute Gasteiger partial charge is 0.497 e. The number of sulfonamides is 1. The molecule has 0 radical (unpaired) electrons. The molecule has 0 bridgehead atoms. The third-order valence-corrected chi connectivity index (χ3v) is 9.49. The zero-order valence-electron chi connectivity index (χ0n) is 29.9. The number of carbonyl (C=O) groups excluding carboxylic acids is 4. The molecule has 0 unspecified atom stereocenters. The van der Waals surface area contributed by atoms with Crippen molar-refractivity contribution in [2.75, 3.05) is 13.7 Å². The highest BCUT2D eigenvalue weighted by Crippen LogP contribution is 2.45. The van der Waals surface area contributed by atoms with Gasteiger partial charge < -0.3 is 30.2 Å². The van der Waals surface area contributed by atoms with E-state index < -0.39 is 63.0 Å². The van der Waals surface area contributed by atoms with E-state index in [1.54, 1.807) is 71.3 Å². The number of rotatable bonds is 16. The molecule has 3 aromatic rings. The van der Waals surface area contributed by atoms with E-state index in [0.717, 1.165) is 5.39 Å². The van der Waals surface area contributed by atoms with E-state index in [1.165, 1.54) is 30.3 Å². The van der Waals surface area contributed by atoms with Gasteiger partial charge >= 0.3 is 6.09 Å². The standard InChI is InChI=1S/C37H45N5O9S/c1-8-25-21-37(25,34(45)42-52(47,48)28-12-10-9-11-13-28)40-30(43)17-15-27(50-33-29-16-14-26(49-7)20-24(29)18-19-38-33)22-39-32(44)31(23(2)3)51-35(46)41-36(4,5)6/h8-14,16,18-20,25,27,31H,1-2,15,17,21-22H2,3-7H3,(H,39,44)(H,40,43)(H,41,46)(H,42,45)/t25-,27-,31+,37-/m1/s1. The Hall–Kier alpha value is -5.44. The average Bonchev–Trinajstić information content (AvgIpc) is 3.81. The van der Waals surface area contributed by atoms with Gasteiger partial charge in [0, 0.05) is 29.5 Å². The summed E-state index contributed by atoms with van der Waals surface area (Å²) in [6.07, 6.45) is 0.0740. The summed E-state index contributed by atoms with van der Waals surface area (Å²) in [7, 11) is -2.65. The van der Waals surface area contributed by atoms with Gasteiger partial charge in [0.1, 0.15) is 17.4 Å². The van der Waals surface area contributed by atoms with Crippen LogP contribution in [0.2, 0.25) is 0 Å². The van der Waals surface area contributed by atoms with Crippen molar-refractivity contribution < 1.29 is 41.8 Å². The third-order valence-electron chi connectivity index (χ3n) is 8.15. The summed E-state index contributed by atoms with van der Waals surface area (Å²) < 4.78 is 44.8. The fraction of sp³-hybridized carbons (Fsp3) is 0.378. The van der Waals surface area contributed by atoms with Crippen LogP contribution in [0.15, 0.2) is 90.5 Å². The number of hydrogen-bond donors (Lipinski definition) is 4. The minimum atomic E-state index is -4.20. The molecule has 0 aliphatic heterocycles. The molecule has 0 spiro atoms. The molecule has 1 heterocycles. The number of carbonyl (C=O) groups is 4. The highest BCUT2D eigenvalue weighted by Gasteiger charge is 2.60. The van der Waals surface area contributed by atoms with Crippen molar-refractivity contribution in [1.29, 1.82) is 0 Å². The molecule has 14 nitrogen and oxygen atoms in total. The quantitative estimate of drug-likeness (QED) is 0.157. The maximum absolute atomic E-state index is 13.4. The summed E-state index contributed by atoms with van der Waals surface area (Å²) >= 11 is 0. The molecule has 1 saturated carbocycles. The predicted octanol–water partition coefficient (Wildman–Crippen LogP) is 3.92. The first-order chi connectivity index (χ1) is 24.5. The lowest BCUT2D eigenvalue weighted by atomic mass is 10.1. The third kappa shape index (κ3) is 10.1. The normalized spacial score (nSPS) is 17.8. The molecule has 52 heavy (non-hydrogen) atoms. The molecule has 4 amide bonds. The number of methoxy groups -OCH3 is 1. The van der Waals surface area contributed by atoms with E-state index in [2.05, 4.69) is 38.8 Å². The van der Waals surface area contributed by atoms with Gasteiger partial charge in [0.05, 0.1) is 18.6 Å². The van der Waals surface area contributed by atoms with Crippen LogP contribution in [0.1, 0.15) is 47.0 Å². The second kappa shape index (κ2) is 16.3. The first-order valence-electron chi connectivity index (χ1n) is 16.5. The number of fused-ring (bicyclic) bond motifs is 1. The number of hydrogen-bond acceptors (Lipinski definition) is 10. The van der Waals surface area contributed by atoms with Crippen molar-refractivity contribution in [1.82, 2.24) is 25.7 Å². The molecule has 1 aliphatic rings. The molecule has 4 N–H and O–H groups in total. The zero-order valence-corrected chi connectivity index (χ0v) is 30.7. The van der Waals surface area contributed by atoms with Gasteiger partial charge in [0.2, 0.25) is 17.9 Å². The second-order valence-corrected chi connectivity index (χ2v) is 15.2. The van der Waals surface area contributed by atoms with E-state index in [9.17, 15) is 27.6 Å². The van der Waals surface area contributed by atoms with Crippen molar-refractivity contribution in [3.05, 3.63) is 85.6 Å². The molecule has 2 aromatic carbocycles. The molecular weight excluding hydrogens is 691 g/mol. The van der Waals surface area contributed by atoms with Crippen LogP contribution in [0.4, 0.5) is 4.79 Å². The number of ether oxygens (including phenoxy) is 3. The Labute approximate surface area is 303 Å². The highest BCUT2D eigenvalue weighted by molar-refractivity contribution is 7.90. The van der Waals surface area contributed by atoms with E-state index in [-0.39, 0.29) is 42.2 Å². The summed E-state index contributed by atoms with van der Waals surface area (Å²) in [6, 6.07) is 14.5. The Kier molecular flexibility index (Phi) is 12.3. The Morgan fingerprint density at radius 3 is 2.42 bits per heavy atom. The molecule has 1 aliphatic carbocycles. The molecule has 15 heteroatoms. The summed E-state index contributed by atoms with van der Waals surface area (Å²) in [5.41, 5.74) is -1.84. The van der Waals surface area contributed by atoms with E-state index >= 15 is 0 Å². The smallest absolute Gasteiger partial charge is 0.408 e. The Morgan fingerprint density at radius 2 is 1.81 bits per heavy atom. The molecular formula is C37H45N5O9S. The first kappa shape index (κ1) is 39.3. The van der Waals surface area contributed by atoms with Gasteiger partial charge in [0.25, 0.3) is 21.8 Å². The van der Waals surface area contributed by atoms with Gasteiger partial charge in [-0.05, 0) is 87.9 Å². The highest BCUT2D eigenvalue weighted by atomic mass is 32.2. The number of nitrogens with one attached hydrogen (secondary N) is 4. The monoisotopic (exact) mass is 735 g/mol. The van der Waals surface area contributed by atoms with Gasteiger partial charge in [-0.25, -0.2) is 22.9 Å². The maximum atomic E-state index is 13.4. The van der Waals surface area contributed by atoms with Crippen molar-refractivity contribution in [2.45, 2.75) is 75.1 Å². The minimum Gasteiger partial charge on any atom is -0.497 e. The van der Waals surface area contributed by atoms with Crippen LogP contribution in [-0.4, -0.2) is 74.2 Å². The van der Waals surface area contributed by atoms with Crippen molar-refractivity contribution in [3.8, 4) is 11.6 Å². The van der Waals surface area contributed by atoms with Crippen LogP contribution in [0.25, 0.3) is 10.8 Å². The fourth-order valence-corrected chi connectivity index (χ4v) is 6.41. The lowest BCUT2D eigenvalue weighted by Crippen LogP contribution is -2.52. The van der Waals surface area contributed by atoms with Crippen LogP contribution in [0, 0.1) is 5.92 Å². The van der Waals surface area contributed by atoms with Crippen molar-refractivity contribution in [3.63, 3.8) is 0 Å². The Balaban J connectivity index is 1.50. The topological polar surface area (TPSA) is 191 Å². The van der Waals surface area contributed by atoms with Crippen LogP contribution in [0.5, 0.6) is 11.6 Å². The van der Waals surface area contributed by atoms with Crippen LogP contribution in [-0.2, 0) is 29.1 Å². The minimum absolute atomic E-state index is 0.0300. The summed E-state index contributed by atoms with van der Waals surface area (Å²) in [5, 5.41) is 9.49. The molecule has 1 fully saturated rings. The van der Waals surface area contributed by atoms with Crippen LogP contribution >= 0.6 is 0 Å². The summed E-state index contributed by atoms with van der Waals surface area (Å²) in [5.74, 6) is -1.75. The van der Waals surface area contributed by atoms with Crippen molar-refractivity contribution >= 4 is 44.6 Å². The lowest BCUT2D eigenvalue weighted by Gasteiger charge is -2.25. The number of aromatic nitrogens is 1. The molecule has 0 saturated heterocycles. The number of nitrogens with zero attached hydrogens (tertiary/aromatic N) is 1.